The van der Waals surface area contributed by atoms with Crippen molar-refractivity contribution in [2.24, 2.45) is 0 Å². The predicted molar refractivity (Wildman–Crippen MR) is 72.7 cm³/mol. The van der Waals surface area contributed by atoms with Crippen LogP contribution in [0.15, 0.2) is 59.5 Å². The minimum Gasteiger partial charge on any atom is -0.254 e. The maximum Gasteiger partial charge on any atom is 0.0615 e. The SMILES string of the molecule is C[C@@H](c1ccc(Cl)cc1)[S@@](=O)c1ccccc1. The maximum atomic E-state index is 12.3. The lowest BCUT2D eigenvalue weighted by Crippen LogP contribution is -2.02. The van der Waals surface area contributed by atoms with Gasteiger partial charge in [-0.25, -0.2) is 0 Å². The highest BCUT2D eigenvalue weighted by Crippen LogP contribution is 2.25. The van der Waals surface area contributed by atoms with Crippen molar-refractivity contribution in [3.63, 3.8) is 0 Å². The van der Waals surface area contributed by atoms with Gasteiger partial charge in [0.25, 0.3) is 0 Å². The van der Waals surface area contributed by atoms with Crippen molar-refractivity contribution in [2.45, 2.75) is 17.1 Å². The molecule has 0 aliphatic carbocycles. The second kappa shape index (κ2) is 5.48. The lowest BCUT2D eigenvalue weighted by Gasteiger charge is -2.11. The van der Waals surface area contributed by atoms with E-state index < -0.39 is 10.8 Å². The Morgan fingerprint density at radius 3 is 2.18 bits per heavy atom. The Balaban J connectivity index is 2.23. The molecule has 0 aliphatic heterocycles. The van der Waals surface area contributed by atoms with Crippen LogP contribution in [0.25, 0.3) is 0 Å². The molecule has 2 aromatic carbocycles. The first kappa shape index (κ1) is 12.3. The van der Waals surface area contributed by atoms with Crippen molar-refractivity contribution >= 4 is 22.4 Å². The van der Waals surface area contributed by atoms with Crippen LogP contribution in [0.1, 0.15) is 17.7 Å². The summed E-state index contributed by atoms with van der Waals surface area (Å²) in [5.74, 6) is 0. The van der Waals surface area contributed by atoms with Crippen LogP contribution in [-0.2, 0) is 10.8 Å². The van der Waals surface area contributed by atoms with E-state index in [9.17, 15) is 4.21 Å². The third-order valence-corrected chi connectivity index (χ3v) is 4.54. The van der Waals surface area contributed by atoms with Gasteiger partial charge in [-0.1, -0.05) is 41.9 Å². The molecule has 0 bridgehead atoms. The molecule has 0 radical (unpaired) electrons. The van der Waals surface area contributed by atoms with Gasteiger partial charge in [-0.3, -0.25) is 4.21 Å². The molecule has 0 aliphatic rings. The van der Waals surface area contributed by atoms with Crippen molar-refractivity contribution in [1.29, 1.82) is 0 Å². The van der Waals surface area contributed by atoms with Gasteiger partial charge in [-0.15, -0.1) is 0 Å². The molecule has 0 aromatic heterocycles. The molecule has 0 saturated heterocycles. The lowest BCUT2D eigenvalue weighted by molar-refractivity contribution is 0.676. The molecule has 0 heterocycles. The monoisotopic (exact) mass is 264 g/mol. The fourth-order valence-electron chi connectivity index (χ4n) is 1.62. The first-order valence-corrected chi connectivity index (χ1v) is 6.98. The lowest BCUT2D eigenvalue weighted by atomic mass is 10.2. The average Bonchev–Trinajstić information content (AvgIpc) is 2.39. The normalized spacial score (nSPS) is 14.2. The van der Waals surface area contributed by atoms with Crippen LogP contribution < -0.4 is 0 Å². The van der Waals surface area contributed by atoms with Gasteiger partial charge in [0.2, 0.25) is 0 Å². The van der Waals surface area contributed by atoms with Gasteiger partial charge in [0.1, 0.15) is 0 Å². The molecule has 1 nitrogen and oxygen atoms in total. The summed E-state index contributed by atoms with van der Waals surface area (Å²) in [6.07, 6.45) is 0. The second-order valence-corrected chi connectivity index (χ2v) is 6.01. The largest absolute Gasteiger partial charge is 0.254 e. The zero-order valence-electron chi connectivity index (χ0n) is 9.47. The quantitative estimate of drug-likeness (QED) is 0.812. The van der Waals surface area contributed by atoms with Crippen LogP contribution in [0.3, 0.4) is 0 Å². The van der Waals surface area contributed by atoms with Crippen molar-refractivity contribution in [2.75, 3.05) is 0 Å². The molecule has 2 aromatic rings. The molecule has 2 rings (SSSR count). The van der Waals surface area contributed by atoms with E-state index in [0.717, 1.165) is 10.5 Å². The average molecular weight is 265 g/mol. The first-order chi connectivity index (χ1) is 8.18. The minimum atomic E-state index is -1.03. The van der Waals surface area contributed by atoms with Gasteiger partial charge in [0.05, 0.1) is 16.0 Å². The summed E-state index contributed by atoms with van der Waals surface area (Å²) in [5, 5.41) is 0.668. The standard InChI is InChI=1S/C14H13ClOS/c1-11(12-7-9-13(15)10-8-12)17(16)14-5-3-2-4-6-14/h2-11H,1H3/t11-,17+/m0/s1. The van der Waals surface area contributed by atoms with Gasteiger partial charge in [-0.05, 0) is 36.8 Å². The molecule has 17 heavy (non-hydrogen) atoms. The van der Waals surface area contributed by atoms with E-state index >= 15 is 0 Å². The van der Waals surface area contributed by atoms with Crippen molar-refractivity contribution in [3.8, 4) is 0 Å². The first-order valence-electron chi connectivity index (χ1n) is 5.39. The van der Waals surface area contributed by atoms with Gasteiger partial charge in [0.15, 0.2) is 0 Å². The fraction of sp³-hybridized carbons (Fsp3) is 0.143. The van der Waals surface area contributed by atoms with Crippen LogP contribution in [0, 0.1) is 0 Å². The molecule has 2 atom stereocenters. The van der Waals surface area contributed by atoms with Crippen molar-refractivity contribution in [1.82, 2.24) is 0 Å². The molecule has 0 unspecified atom stereocenters. The summed E-state index contributed by atoms with van der Waals surface area (Å²) in [6.45, 7) is 1.96. The van der Waals surface area contributed by atoms with Crippen molar-refractivity contribution < 1.29 is 4.21 Å². The Morgan fingerprint density at radius 2 is 1.59 bits per heavy atom. The molecule has 0 spiro atoms. The molecule has 3 heteroatoms. The van der Waals surface area contributed by atoms with Crippen LogP contribution in [0.5, 0.6) is 0 Å². The number of hydrogen-bond acceptors (Lipinski definition) is 1. The van der Waals surface area contributed by atoms with Gasteiger partial charge in [-0.2, -0.15) is 0 Å². The minimum absolute atomic E-state index is 0.0327. The Morgan fingerprint density at radius 1 is 1.00 bits per heavy atom. The molecular formula is C14H13ClOS. The Kier molecular flexibility index (Phi) is 3.97. The Labute approximate surface area is 109 Å². The summed E-state index contributed by atoms with van der Waals surface area (Å²) in [7, 11) is -1.03. The Bertz CT molecular complexity index is 508. The van der Waals surface area contributed by atoms with Gasteiger partial charge >= 0.3 is 0 Å². The molecule has 0 saturated carbocycles. The van der Waals surface area contributed by atoms with E-state index in [2.05, 4.69) is 0 Å². The third-order valence-electron chi connectivity index (χ3n) is 2.64. The van der Waals surface area contributed by atoms with E-state index in [0.29, 0.717) is 5.02 Å². The van der Waals surface area contributed by atoms with E-state index in [1.54, 1.807) is 0 Å². The van der Waals surface area contributed by atoms with Gasteiger partial charge in [0, 0.05) is 9.92 Å². The van der Waals surface area contributed by atoms with Crippen LogP contribution >= 0.6 is 11.6 Å². The molecular weight excluding hydrogens is 252 g/mol. The fourth-order valence-corrected chi connectivity index (χ4v) is 2.98. The second-order valence-electron chi connectivity index (χ2n) is 3.80. The number of rotatable bonds is 3. The van der Waals surface area contributed by atoms with Gasteiger partial charge < -0.3 is 0 Å². The number of halogens is 1. The van der Waals surface area contributed by atoms with E-state index in [1.807, 2.05) is 61.5 Å². The predicted octanol–water partition coefficient (Wildman–Crippen LogP) is 4.21. The van der Waals surface area contributed by atoms with E-state index in [4.69, 9.17) is 11.6 Å². The topological polar surface area (TPSA) is 17.1 Å². The highest BCUT2D eigenvalue weighted by Gasteiger charge is 2.14. The molecule has 0 N–H and O–H groups in total. The Hall–Kier alpha value is -1.12. The summed E-state index contributed by atoms with van der Waals surface area (Å²) in [4.78, 5) is 0.856. The van der Waals surface area contributed by atoms with Crippen LogP contribution in [-0.4, -0.2) is 4.21 Å². The van der Waals surface area contributed by atoms with Crippen LogP contribution in [0.4, 0.5) is 0 Å². The zero-order valence-corrected chi connectivity index (χ0v) is 11.0. The molecule has 0 fully saturated rings. The highest BCUT2D eigenvalue weighted by atomic mass is 35.5. The van der Waals surface area contributed by atoms with E-state index in [-0.39, 0.29) is 5.25 Å². The molecule has 88 valence electrons. The van der Waals surface area contributed by atoms with Crippen molar-refractivity contribution in [3.05, 3.63) is 65.2 Å². The molecule has 0 amide bonds. The summed E-state index contributed by atoms with van der Waals surface area (Å²) in [6, 6.07) is 17.0. The van der Waals surface area contributed by atoms with Crippen LogP contribution in [0.2, 0.25) is 5.02 Å². The summed E-state index contributed by atoms with van der Waals surface area (Å²) < 4.78 is 12.3. The maximum absolute atomic E-state index is 12.3. The number of benzene rings is 2. The smallest absolute Gasteiger partial charge is 0.0615 e. The summed E-state index contributed by atoms with van der Waals surface area (Å²) >= 11 is 5.84. The highest BCUT2D eigenvalue weighted by molar-refractivity contribution is 7.85. The zero-order chi connectivity index (χ0) is 12.3. The number of hydrogen-bond donors (Lipinski definition) is 0. The van der Waals surface area contributed by atoms with E-state index in [1.165, 1.54) is 0 Å². The summed E-state index contributed by atoms with van der Waals surface area (Å²) in [5.41, 5.74) is 1.04. The third kappa shape index (κ3) is 2.96.